The molecule has 0 aromatic carbocycles. The van der Waals surface area contributed by atoms with Gasteiger partial charge in [-0.1, -0.05) is 12.8 Å². The molecule has 0 aliphatic heterocycles. The molecule has 0 radical (unpaired) electrons. The molecule has 0 spiro atoms. The highest BCUT2D eigenvalue weighted by Gasteiger charge is 2.21. The number of ether oxygens (including phenoxy) is 1. The molecule has 1 rings (SSSR count). The van der Waals surface area contributed by atoms with Crippen LogP contribution in [0.15, 0.2) is 0 Å². The van der Waals surface area contributed by atoms with E-state index in [-0.39, 0.29) is 18.3 Å². The predicted octanol–water partition coefficient (Wildman–Crippen LogP) is 0.721. The highest BCUT2D eigenvalue weighted by molar-refractivity contribution is 5.82. The van der Waals surface area contributed by atoms with Gasteiger partial charge < -0.3 is 10.5 Å². The number of hydrogen-bond acceptors (Lipinski definition) is 3. The average molecular weight is 171 g/mol. The van der Waals surface area contributed by atoms with Crippen LogP contribution in [0.25, 0.3) is 0 Å². The zero-order valence-electron chi connectivity index (χ0n) is 7.42. The SMILES string of the molecule is NCCOCC(=O)C1CCCC1. The lowest BCUT2D eigenvalue weighted by molar-refractivity contribution is -0.127. The van der Waals surface area contributed by atoms with Crippen molar-refractivity contribution in [3.05, 3.63) is 0 Å². The quantitative estimate of drug-likeness (QED) is 0.620. The summed E-state index contributed by atoms with van der Waals surface area (Å²) in [5.74, 6) is 0.545. The molecule has 0 unspecified atom stereocenters. The Morgan fingerprint density at radius 1 is 1.42 bits per heavy atom. The van der Waals surface area contributed by atoms with E-state index in [4.69, 9.17) is 10.5 Å². The lowest BCUT2D eigenvalue weighted by Gasteiger charge is -2.07. The van der Waals surface area contributed by atoms with Gasteiger partial charge in [-0.15, -0.1) is 0 Å². The van der Waals surface area contributed by atoms with E-state index in [0.717, 1.165) is 12.8 Å². The van der Waals surface area contributed by atoms with Gasteiger partial charge in [0.1, 0.15) is 6.61 Å². The highest BCUT2D eigenvalue weighted by atomic mass is 16.5. The van der Waals surface area contributed by atoms with Gasteiger partial charge in [-0.25, -0.2) is 0 Å². The average Bonchev–Trinajstić information content (AvgIpc) is 2.56. The minimum atomic E-state index is 0.265. The maximum absolute atomic E-state index is 11.4. The van der Waals surface area contributed by atoms with E-state index in [9.17, 15) is 4.79 Å². The molecule has 3 heteroatoms. The van der Waals surface area contributed by atoms with Crippen molar-refractivity contribution >= 4 is 5.78 Å². The first kappa shape index (κ1) is 9.68. The lowest BCUT2D eigenvalue weighted by Crippen LogP contribution is -2.19. The summed E-state index contributed by atoms with van der Waals surface area (Å²) in [4.78, 5) is 11.4. The fourth-order valence-corrected chi connectivity index (χ4v) is 1.62. The summed E-state index contributed by atoms with van der Waals surface area (Å²) in [5, 5.41) is 0. The number of carbonyl (C=O) groups excluding carboxylic acids is 1. The molecule has 0 aromatic rings. The standard InChI is InChI=1S/C9H17NO2/c10-5-6-12-7-9(11)8-3-1-2-4-8/h8H,1-7,10H2. The maximum atomic E-state index is 11.4. The van der Waals surface area contributed by atoms with Crippen LogP contribution in [0.4, 0.5) is 0 Å². The Bertz CT molecular complexity index is 141. The molecule has 1 aliphatic rings. The summed E-state index contributed by atoms with van der Waals surface area (Å²) in [6, 6.07) is 0. The Hall–Kier alpha value is -0.410. The minimum absolute atomic E-state index is 0.265. The van der Waals surface area contributed by atoms with Gasteiger partial charge in [0.15, 0.2) is 5.78 Å². The number of nitrogens with two attached hydrogens (primary N) is 1. The van der Waals surface area contributed by atoms with E-state index in [1.807, 2.05) is 0 Å². The minimum Gasteiger partial charge on any atom is -0.372 e. The van der Waals surface area contributed by atoms with Crippen molar-refractivity contribution in [2.24, 2.45) is 11.7 Å². The number of ketones is 1. The van der Waals surface area contributed by atoms with E-state index in [1.54, 1.807) is 0 Å². The molecule has 0 saturated heterocycles. The number of rotatable bonds is 5. The highest BCUT2D eigenvalue weighted by Crippen LogP contribution is 2.25. The van der Waals surface area contributed by atoms with Crippen LogP contribution in [0, 0.1) is 5.92 Å². The second-order valence-electron chi connectivity index (χ2n) is 3.29. The molecule has 0 amide bonds. The lowest BCUT2D eigenvalue weighted by atomic mass is 10.0. The van der Waals surface area contributed by atoms with E-state index in [2.05, 4.69) is 0 Å². The van der Waals surface area contributed by atoms with Gasteiger partial charge in [-0.05, 0) is 12.8 Å². The fraction of sp³-hybridized carbons (Fsp3) is 0.889. The number of Topliss-reactive ketones (excluding diaryl/α,β-unsaturated/α-hetero) is 1. The van der Waals surface area contributed by atoms with Crippen molar-refractivity contribution in [2.45, 2.75) is 25.7 Å². The van der Waals surface area contributed by atoms with Gasteiger partial charge in [0.05, 0.1) is 6.61 Å². The van der Waals surface area contributed by atoms with E-state index < -0.39 is 0 Å². The largest absolute Gasteiger partial charge is 0.372 e. The Morgan fingerprint density at radius 3 is 2.67 bits per heavy atom. The topological polar surface area (TPSA) is 52.3 Å². The molecule has 12 heavy (non-hydrogen) atoms. The molecule has 0 atom stereocenters. The number of hydrogen-bond donors (Lipinski definition) is 1. The van der Waals surface area contributed by atoms with Crippen LogP contribution in [0.3, 0.4) is 0 Å². The fourth-order valence-electron chi connectivity index (χ4n) is 1.62. The van der Waals surface area contributed by atoms with Crippen LogP contribution in [-0.2, 0) is 9.53 Å². The number of carbonyl (C=O) groups is 1. The van der Waals surface area contributed by atoms with Gasteiger partial charge in [-0.2, -0.15) is 0 Å². The predicted molar refractivity (Wildman–Crippen MR) is 46.8 cm³/mol. The molecule has 1 fully saturated rings. The van der Waals surface area contributed by atoms with E-state index in [0.29, 0.717) is 13.2 Å². The Kier molecular flexibility index (Phi) is 4.25. The molecule has 0 heterocycles. The van der Waals surface area contributed by atoms with Crippen molar-refractivity contribution in [3.8, 4) is 0 Å². The van der Waals surface area contributed by atoms with Crippen molar-refractivity contribution < 1.29 is 9.53 Å². The van der Waals surface area contributed by atoms with Crippen LogP contribution < -0.4 is 5.73 Å². The molecular weight excluding hydrogens is 154 g/mol. The van der Waals surface area contributed by atoms with Gasteiger partial charge in [0.2, 0.25) is 0 Å². The molecule has 0 bridgehead atoms. The van der Waals surface area contributed by atoms with E-state index in [1.165, 1.54) is 12.8 Å². The monoisotopic (exact) mass is 171 g/mol. The van der Waals surface area contributed by atoms with Crippen molar-refractivity contribution in [3.63, 3.8) is 0 Å². The van der Waals surface area contributed by atoms with Crippen molar-refractivity contribution in [1.29, 1.82) is 0 Å². The summed E-state index contributed by atoms with van der Waals surface area (Å²) >= 11 is 0. The van der Waals surface area contributed by atoms with Crippen LogP contribution in [0.2, 0.25) is 0 Å². The van der Waals surface area contributed by atoms with Gasteiger partial charge in [0, 0.05) is 12.5 Å². The van der Waals surface area contributed by atoms with Crippen LogP contribution in [0.1, 0.15) is 25.7 Å². The van der Waals surface area contributed by atoms with Gasteiger partial charge >= 0.3 is 0 Å². The molecule has 2 N–H and O–H groups in total. The summed E-state index contributed by atoms with van der Waals surface area (Å²) in [6.45, 7) is 1.26. The Morgan fingerprint density at radius 2 is 2.08 bits per heavy atom. The van der Waals surface area contributed by atoms with Crippen LogP contribution in [-0.4, -0.2) is 25.5 Å². The molecule has 1 saturated carbocycles. The summed E-state index contributed by atoms with van der Waals surface area (Å²) in [7, 11) is 0. The third-order valence-electron chi connectivity index (χ3n) is 2.32. The van der Waals surface area contributed by atoms with Crippen molar-refractivity contribution in [1.82, 2.24) is 0 Å². The third kappa shape index (κ3) is 2.91. The summed E-state index contributed by atoms with van der Waals surface area (Å²) in [5.41, 5.74) is 5.23. The smallest absolute Gasteiger partial charge is 0.161 e. The van der Waals surface area contributed by atoms with E-state index >= 15 is 0 Å². The molecule has 0 aromatic heterocycles. The maximum Gasteiger partial charge on any atom is 0.161 e. The van der Waals surface area contributed by atoms with Gasteiger partial charge in [0.25, 0.3) is 0 Å². The second-order valence-corrected chi connectivity index (χ2v) is 3.29. The molecule has 70 valence electrons. The Balaban J connectivity index is 2.10. The first-order valence-corrected chi connectivity index (χ1v) is 4.65. The normalized spacial score (nSPS) is 18.4. The second kappa shape index (κ2) is 5.27. The van der Waals surface area contributed by atoms with Crippen LogP contribution >= 0.6 is 0 Å². The van der Waals surface area contributed by atoms with Gasteiger partial charge in [-0.3, -0.25) is 4.79 Å². The molecular formula is C9H17NO2. The first-order chi connectivity index (χ1) is 5.84. The zero-order chi connectivity index (χ0) is 8.81. The Labute approximate surface area is 73.3 Å². The van der Waals surface area contributed by atoms with Crippen molar-refractivity contribution in [2.75, 3.05) is 19.8 Å². The molecule has 3 nitrogen and oxygen atoms in total. The first-order valence-electron chi connectivity index (χ1n) is 4.65. The molecule has 1 aliphatic carbocycles. The van der Waals surface area contributed by atoms with Crippen LogP contribution in [0.5, 0.6) is 0 Å². The third-order valence-corrected chi connectivity index (χ3v) is 2.32. The summed E-state index contributed by atoms with van der Waals surface area (Å²) in [6.07, 6.45) is 4.52. The summed E-state index contributed by atoms with van der Waals surface area (Å²) < 4.78 is 5.08. The zero-order valence-corrected chi connectivity index (χ0v) is 7.42.